The lowest BCUT2D eigenvalue weighted by Crippen LogP contribution is -2.44. The van der Waals surface area contributed by atoms with Crippen LogP contribution in [0, 0.1) is 6.92 Å². The fraction of sp³-hybridized carbons (Fsp3) is 0.483. The number of aliphatic hydroxyl groups is 1. The maximum Gasteiger partial charge on any atom is 0.250 e. The van der Waals surface area contributed by atoms with Crippen LogP contribution in [0.4, 0.5) is 0 Å². The van der Waals surface area contributed by atoms with Crippen LogP contribution in [0.25, 0.3) is 10.9 Å². The molecule has 3 nitrogen and oxygen atoms in total. The minimum Gasteiger partial charge on any atom is -0.543 e. The van der Waals surface area contributed by atoms with Gasteiger partial charge in [-0.3, -0.25) is 4.98 Å². The number of nitrogens with zero attached hydrogens (tertiary/aromatic N) is 1. The normalized spacial score (nSPS) is 12.3. The topological polar surface area (TPSA) is 42.4 Å². The number of para-hydroxylation sites is 1. The maximum absolute atomic E-state index is 8.93. The average molecular weight is 464 g/mol. The molecule has 0 radical (unpaired) electrons. The van der Waals surface area contributed by atoms with E-state index in [1.807, 2.05) is 0 Å². The van der Waals surface area contributed by atoms with E-state index < -0.39 is 8.32 Å². The molecule has 4 heteroatoms. The largest absolute Gasteiger partial charge is 0.543 e. The van der Waals surface area contributed by atoms with Gasteiger partial charge in [-0.1, -0.05) is 63.6 Å². The molecule has 3 aromatic rings. The number of fused-ring (bicyclic) bond motifs is 1. The predicted octanol–water partition coefficient (Wildman–Crippen LogP) is 7.42. The summed E-state index contributed by atoms with van der Waals surface area (Å²) >= 11 is 0. The molecule has 1 heterocycles. The van der Waals surface area contributed by atoms with Crippen LogP contribution < -0.4 is 4.43 Å². The summed E-state index contributed by atoms with van der Waals surface area (Å²) in [7, 11) is -1.97. The number of benzene rings is 2. The first kappa shape index (κ1) is 25.4. The molecule has 0 aliphatic heterocycles. The molecular formula is C29H41NO2Si. The number of rotatable bonds is 10. The lowest BCUT2D eigenvalue weighted by Gasteiger charge is -2.37. The van der Waals surface area contributed by atoms with E-state index >= 15 is 0 Å². The zero-order chi connectivity index (χ0) is 24.1. The molecule has 0 bridgehead atoms. The molecule has 0 aliphatic carbocycles. The molecule has 0 saturated heterocycles. The Labute approximate surface area is 201 Å². The van der Waals surface area contributed by atoms with Crippen molar-refractivity contribution < 1.29 is 9.53 Å². The molecule has 0 saturated carbocycles. The third-order valence-corrected chi connectivity index (χ3v) is 11.5. The minimum atomic E-state index is -1.97. The van der Waals surface area contributed by atoms with Gasteiger partial charge in [-0.25, -0.2) is 0 Å². The number of aliphatic hydroxyl groups excluding tert-OH is 1. The second-order valence-corrected chi connectivity index (χ2v) is 15.5. The molecule has 3 rings (SSSR count). The monoisotopic (exact) mass is 463 g/mol. The number of hydrogen-bond donors (Lipinski definition) is 1. The van der Waals surface area contributed by atoms with Crippen molar-refractivity contribution in [3.63, 3.8) is 0 Å². The molecule has 1 aromatic heterocycles. The van der Waals surface area contributed by atoms with Gasteiger partial charge in [0.1, 0.15) is 5.75 Å². The molecule has 178 valence electrons. The smallest absolute Gasteiger partial charge is 0.250 e. The Balaban J connectivity index is 1.79. The van der Waals surface area contributed by atoms with Crippen molar-refractivity contribution in [3.8, 4) is 5.75 Å². The van der Waals surface area contributed by atoms with Gasteiger partial charge in [-0.2, -0.15) is 0 Å². The summed E-state index contributed by atoms with van der Waals surface area (Å²) in [6, 6.07) is 17.4. The Morgan fingerprint density at radius 2 is 1.48 bits per heavy atom. The molecule has 0 spiro atoms. The van der Waals surface area contributed by atoms with Crippen LogP contribution in [0.1, 0.15) is 62.4 Å². The van der Waals surface area contributed by atoms with E-state index in [4.69, 9.17) is 14.5 Å². The van der Waals surface area contributed by atoms with Gasteiger partial charge in [0.15, 0.2) is 0 Å². The highest BCUT2D eigenvalue weighted by molar-refractivity contribution is 6.74. The minimum absolute atomic E-state index is 0.143. The number of aryl methyl sites for hydroxylation is 3. The highest BCUT2D eigenvalue weighted by atomic mass is 28.4. The van der Waals surface area contributed by atoms with Crippen molar-refractivity contribution in [1.29, 1.82) is 0 Å². The van der Waals surface area contributed by atoms with Crippen LogP contribution in [0.5, 0.6) is 5.75 Å². The zero-order valence-corrected chi connectivity index (χ0v) is 22.4. The van der Waals surface area contributed by atoms with Crippen LogP contribution in [0.2, 0.25) is 18.1 Å². The second kappa shape index (κ2) is 10.8. The van der Waals surface area contributed by atoms with Crippen molar-refractivity contribution >= 4 is 19.2 Å². The Bertz CT molecular complexity index is 1050. The third kappa shape index (κ3) is 6.45. The molecule has 0 aliphatic rings. The van der Waals surface area contributed by atoms with E-state index in [0.29, 0.717) is 6.61 Å². The lowest BCUT2D eigenvalue weighted by atomic mass is 10.0. The zero-order valence-electron chi connectivity index (χ0n) is 21.4. The molecule has 0 fully saturated rings. The highest BCUT2D eigenvalue weighted by Gasteiger charge is 2.39. The summed E-state index contributed by atoms with van der Waals surface area (Å²) in [5.41, 5.74) is 6.05. The van der Waals surface area contributed by atoms with E-state index in [9.17, 15) is 0 Å². The first-order chi connectivity index (χ1) is 15.6. The van der Waals surface area contributed by atoms with Crippen LogP contribution >= 0.6 is 0 Å². The first-order valence-corrected chi connectivity index (χ1v) is 15.3. The number of unbranched alkanes of at least 4 members (excludes halogenated alkanes) is 2. The van der Waals surface area contributed by atoms with E-state index in [2.05, 4.69) is 89.3 Å². The Kier molecular flexibility index (Phi) is 8.36. The van der Waals surface area contributed by atoms with Gasteiger partial charge < -0.3 is 9.53 Å². The van der Waals surface area contributed by atoms with E-state index in [1.54, 1.807) is 0 Å². The molecule has 33 heavy (non-hydrogen) atoms. The molecule has 2 aromatic carbocycles. The summed E-state index contributed by atoms with van der Waals surface area (Å²) in [4.78, 5) is 5.03. The van der Waals surface area contributed by atoms with E-state index in [1.165, 1.54) is 16.7 Å². The fourth-order valence-electron chi connectivity index (χ4n) is 3.86. The second-order valence-electron chi connectivity index (χ2n) is 10.7. The maximum atomic E-state index is 8.93. The molecule has 0 unspecified atom stereocenters. The molecule has 0 amide bonds. The number of pyridine rings is 1. The lowest BCUT2D eigenvalue weighted by molar-refractivity contribution is 0.283. The highest BCUT2D eigenvalue weighted by Crippen LogP contribution is 2.41. The van der Waals surface area contributed by atoms with Gasteiger partial charge >= 0.3 is 0 Å². The van der Waals surface area contributed by atoms with Gasteiger partial charge in [0.05, 0.1) is 5.52 Å². The van der Waals surface area contributed by atoms with Crippen molar-refractivity contribution in [2.75, 3.05) is 6.61 Å². The third-order valence-electron chi connectivity index (χ3n) is 7.14. The van der Waals surface area contributed by atoms with Crippen molar-refractivity contribution in [2.24, 2.45) is 0 Å². The van der Waals surface area contributed by atoms with Gasteiger partial charge in [0.25, 0.3) is 8.32 Å². The number of hydrogen-bond acceptors (Lipinski definition) is 3. The molecule has 1 N–H and O–H groups in total. The average Bonchev–Trinajstić information content (AvgIpc) is 2.77. The summed E-state index contributed by atoms with van der Waals surface area (Å²) in [6.45, 7) is 14.0. The SMILES string of the molecule is Cc1c(CCc2ccc(CCCCCO)cc2)nc2ccccc2c1O[Si](C)(C)C(C)(C)C. The summed E-state index contributed by atoms with van der Waals surface area (Å²) < 4.78 is 6.86. The Hall–Kier alpha value is -2.17. The fourth-order valence-corrected chi connectivity index (χ4v) is 4.94. The standard InChI is InChI=1S/C29H41NO2Si/c1-22-26(20-19-24-17-15-23(16-18-24)12-8-7-11-21-31)30-27-14-10-9-13-25(27)28(22)32-33(5,6)29(2,3)4/h9-10,13-18,31H,7-8,11-12,19-21H2,1-6H3. The van der Waals surface area contributed by atoms with E-state index in [0.717, 1.165) is 60.9 Å². The first-order valence-electron chi connectivity index (χ1n) is 12.4. The van der Waals surface area contributed by atoms with Crippen LogP contribution in [-0.2, 0) is 19.3 Å². The molecular weight excluding hydrogens is 422 g/mol. The van der Waals surface area contributed by atoms with Gasteiger partial charge in [-0.05, 0) is 80.4 Å². The van der Waals surface area contributed by atoms with Crippen LogP contribution in [-0.4, -0.2) is 25.0 Å². The van der Waals surface area contributed by atoms with Crippen molar-refractivity contribution in [2.45, 2.75) is 84.4 Å². The molecule has 0 atom stereocenters. The van der Waals surface area contributed by atoms with Gasteiger partial charge in [-0.15, -0.1) is 0 Å². The Morgan fingerprint density at radius 3 is 2.12 bits per heavy atom. The van der Waals surface area contributed by atoms with Crippen molar-refractivity contribution in [3.05, 3.63) is 70.9 Å². The predicted molar refractivity (Wildman–Crippen MR) is 143 cm³/mol. The summed E-state index contributed by atoms with van der Waals surface area (Å²) in [5.74, 6) is 1.03. The number of aromatic nitrogens is 1. The van der Waals surface area contributed by atoms with Crippen LogP contribution in [0.3, 0.4) is 0 Å². The Morgan fingerprint density at radius 1 is 0.848 bits per heavy atom. The summed E-state index contributed by atoms with van der Waals surface area (Å²) in [5, 5.41) is 10.2. The van der Waals surface area contributed by atoms with Gasteiger partial charge in [0.2, 0.25) is 0 Å². The summed E-state index contributed by atoms with van der Waals surface area (Å²) in [6.07, 6.45) is 6.08. The van der Waals surface area contributed by atoms with Gasteiger partial charge in [0, 0.05) is 23.3 Å². The van der Waals surface area contributed by atoms with Crippen molar-refractivity contribution in [1.82, 2.24) is 4.98 Å². The van der Waals surface area contributed by atoms with E-state index in [-0.39, 0.29) is 5.04 Å². The van der Waals surface area contributed by atoms with Crippen LogP contribution in [0.15, 0.2) is 48.5 Å². The quantitative estimate of drug-likeness (QED) is 0.251.